The van der Waals surface area contributed by atoms with Crippen LogP contribution in [0.3, 0.4) is 0 Å². The van der Waals surface area contributed by atoms with Crippen LogP contribution in [-0.2, 0) is 4.74 Å². The van der Waals surface area contributed by atoms with Crippen molar-refractivity contribution in [3.8, 4) is 0 Å². The Morgan fingerprint density at radius 3 is 2.42 bits per heavy atom. The molecular formula is C16H32N2O. The van der Waals surface area contributed by atoms with Gasteiger partial charge in [-0.05, 0) is 59.3 Å². The van der Waals surface area contributed by atoms with Gasteiger partial charge in [0.2, 0.25) is 0 Å². The van der Waals surface area contributed by atoms with E-state index in [0.29, 0.717) is 12.1 Å². The Hall–Kier alpha value is -0.120. The molecule has 1 aliphatic carbocycles. The van der Waals surface area contributed by atoms with E-state index < -0.39 is 0 Å². The minimum atomic E-state index is 0.0184. The highest BCUT2D eigenvalue weighted by atomic mass is 16.5. The highest BCUT2D eigenvalue weighted by Crippen LogP contribution is 2.29. The van der Waals surface area contributed by atoms with Crippen LogP contribution in [0.1, 0.15) is 53.4 Å². The zero-order chi connectivity index (χ0) is 13.9. The van der Waals surface area contributed by atoms with Crippen molar-refractivity contribution in [3.05, 3.63) is 0 Å². The van der Waals surface area contributed by atoms with Crippen molar-refractivity contribution in [2.24, 2.45) is 5.92 Å². The monoisotopic (exact) mass is 268 g/mol. The van der Waals surface area contributed by atoms with Gasteiger partial charge in [-0.3, -0.25) is 4.90 Å². The van der Waals surface area contributed by atoms with E-state index in [9.17, 15) is 0 Å². The van der Waals surface area contributed by atoms with Crippen molar-refractivity contribution in [3.63, 3.8) is 0 Å². The predicted molar refractivity (Wildman–Crippen MR) is 80.5 cm³/mol. The van der Waals surface area contributed by atoms with Gasteiger partial charge < -0.3 is 10.1 Å². The van der Waals surface area contributed by atoms with E-state index in [4.69, 9.17) is 4.74 Å². The number of hydrogen-bond donors (Lipinski definition) is 1. The van der Waals surface area contributed by atoms with Crippen molar-refractivity contribution in [1.29, 1.82) is 0 Å². The maximum atomic E-state index is 6.11. The van der Waals surface area contributed by atoms with Gasteiger partial charge in [-0.25, -0.2) is 0 Å². The molecule has 1 aliphatic heterocycles. The smallest absolute Gasteiger partial charge is 0.0602 e. The third-order valence-electron chi connectivity index (χ3n) is 4.45. The number of nitrogens with zero attached hydrogens (tertiary/aromatic N) is 1. The first-order valence-electron chi connectivity index (χ1n) is 8.06. The first-order chi connectivity index (χ1) is 8.94. The summed E-state index contributed by atoms with van der Waals surface area (Å²) in [5.41, 5.74) is 0.0184. The van der Waals surface area contributed by atoms with E-state index in [0.717, 1.165) is 19.0 Å². The number of piperazine rings is 1. The Kier molecular flexibility index (Phi) is 5.27. The molecule has 1 saturated carbocycles. The van der Waals surface area contributed by atoms with Gasteiger partial charge in [0.05, 0.1) is 11.7 Å². The van der Waals surface area contributed by atoms with E-state index in [-0.39, 0.29) is 5.60 Å². The standard InChI is InChI=1S/C16H32N2O/c1-13-11-17-9-10-18(13)12-14-5-7-15(8-6-14)19-16(2,3)4/h13-15,17H,5-12H2,1-4H3/t13-,14-,15-/m0/s1. The normalized spacial score (nSPS) is 34.4. The third kappa shape index (κ3) is 5.05. The molecule has 0 bridgehead atoms. The summed E-state index contributed by atoms with van der Waals surface area (Å²) in [6.07, 6.45) is 5.69. The highest BCUT2D eigenvalue weighted by Gasteiger charge is 2.28. The lowest BCUT2D eigenvalue weighted by atomic mass is 9.86. The lowest BCUT2D eigenvalue weighted by molar-refractivity contribution is -0.0799. The molecule has 0 aromatic carbocycles. The van der Waals surface area contributed by atoms with E-state index in [2.05, 4.69) is 37.9 Å². The van der Waals surface area contributed by atoms with Crippen molar-refractivity contribution in [1.82, 2.24) is 10.2 Å². The summed E-state index contributed by atoms with van der Waals surface area (Å²) >= 11 is 0. The first kappa shape index (κ1) is 15.3. The summed E-state index contributed by atoms with van der Waals surface area (Å²) in [6, 6.07) is 0.706. The second-order valence-corrected chi connectivity index (χ2v) is 7.42. The van der Waals surface area contributed by atoms with Gasteiger partial charge in [-0.1, -0.05) is 0 Å². The third-order valence-corrected chi connectivity index (χ3v) is 4.45. The van der Waals surface area contributed by atoms with Crippen molar-refractivity contribution < 1.29 is 4.74 Å². The largest absolute Gasteiger partial charge is 0.373 e. The van der Waals surface area contributed by atoms with Crippen LogP contribution in [0.25, 0.3) is 0 Å². The Bertz CT molecular complexity index is 266. The van der Waals surface area contributed by atoms with Gasteiger partial charge in [0.1, 0.15) is 0 Å². The molecule has 2 rings (SSSR count). The SMILES string of the molecule is C[C@H]1CNCCN1C[C@H]1CC[C@H](OC(C)(C)C)CC1. The van der Waals surface area contributed by atoms with Crippen LogP contribution in [0.5, 0.6) is 0 Å². The molecule has 2 aliphatic rings. The molecule has 1 heterocycles. The molecule has 2 fully saturated rings. The zero-order valence-electron chi connectivity index (χ0n) is 13.2. The minimum absolute atomic E-state index is 0.0184. The Balaban J connectivity index is 1.71. The molecule has 3 heteroatoms. The van der Waals surface area contributed by atoms with Crippen LogP contribution >= 0.6 is 0 Å². The summed E-state index contributed by atoms with van der Waals surface area (Å²) in [7, 11) is 0. The molecule has 19 heavy (non-hydrogen) atoms. The quantitative estimate of drug-likeness (QED) is 0.851. The van der Waals surface area contributed by atoms with Crippen LogP contribution in [-0.4, -0.2) is 48.8 Å². The van der Waals surface area contributed by atoms with Crippen LogP contribution in [0.2, 0.25) is 0 Å². The van der Waals surface area contributed by atoms with Gasteiger partial charge in [0.15, 0.2) is 0 Å². The molecular weight excluding hydrogens is 236 g/mol. The number of rotatable bonds is 3. The fraction of sp³-hybridized carbons (Fsp3) is 1.00. The summed E-state index contributed by atoms with van der Waals surface area (Å²) in [5, 5.41) is 3.47. The second-order valence-electron chi connectivity index (χ2n) is 7.42. The molecule has 1 saturated heterocycles. The molecule has 3 nitrogen and oxygen atoms in total. The fourth-order valence-corrected chi connectivity index (χ4v) is 3.42. The maximum absolute atomic E-state index is 6.11. The topological polar surface area (TPSA) is 24.5 Å². The van der Waals surface area contributed by atoms with Crippen molar-refractivity contribution in [2.45, 2.75) is 71.1 Å². The molecule has 0 unspecified atom stereocenters. The molecule has 0 aromatic rings. The number of ether oxygens (including phenoxy) is 1. The van der Waals surface area contributed by atoms with Crippen molar-refractivity contribution >= 4 is 0 Å². The summed E-state index contributed by atoms with van der Waals surface area (Å²) in [6.45, 7) is 13.7. The zero-order valence-corrected chi connectivity index (χ0v) is 13.2. The maximum Gasteiger partial charge on any atom is 0.0602 e. The average Bonchev–Trinajstić information content (AvgIpc) is 2.33. The van der Waals surface area contributed by atoms with E-state index in [1.54, 1.807) is 0 Å². The molecule has 0 amide bonds. The Labute approximate surface area is 119 Å². The minimum Gasteiger partial charge on any atom is -0.373 e. The van der Waals surface area contributed by atoms with Crippen LogP contribution in [0.4, 0.5) is 0 Å². The molecule has 0 radical (unpaired) electrons. The fourth-order valence-electron chi connectivity index (χ4n) is 3.42. The molecule has 1 atom stereocenters. The highest BCUT2D eigenvalue weighted by molar-refractivity contribution is 4.82. The Morgan fingerprint density at radius 2 is 1.84 bits per heavy atom. The van der Waals surface area contributed by atoms with Gasteiger partial charge in [-0.2, -0.15) is 0 Å². The Morgan fingerprint density at radius 1 is 1.16 bits per heavy atom. The second kappa shape index (κ2) is 6.55. The van der Waals surface area contributed by atoms with Crippen LogP contribution in [0.15, 0.2) is 0 Å². The van der Waals surface area contributed by atoms with Gasteiger partial charge in [0, 0.05) is 32.2 Å². The van der Waals surface area contributed by atoms with Gasteiger partial charge in [-0.15, -0.1) is 0 Å². The summed E-state index contributed by atoms with van der Waals surface area (Å²) in [5.74, 6) is 0.889. The number of nitrogens with one attached hydrogen (secondary N) is 1. The van der Waals surface area contributed by atoms with Gasteiger partial charge in [0.25, 0.3) is 0 Å². The predicted octanol–water partition coefficient (Wildman–Crippen LogP) is 2.65. The lowest BCUT2D eigenvalue weighted by Crippen LogP contribution is -2.51. The van der Waals surface area contributed by atoms with Crippen LogP contribution < -0.4 is 5.32 Å². The molecule has 0 aromatic heterocycles. The van der Waals surface area contributed by atoms with Crippen molar-refractivity contribution in [2.75, 3.05) is 26.2 Å². The van der Waals surface area contributed by atoms with E-state index in [1.165, 1.54) is 38.8 Å². The summed E-state index contributed by atoms with van der Waals surface area (Å²) < 4.78 is 6.11. The molecule has 0 spiro atoms. The summed E-state index contributed by atoms with van der Waals surface area (Å²) in [4.78, 5) is 2.67. The lowest BCUT2D eigenvalue weighted by Gasteiger charge is -2.39. The first-order valence-corrected chi connectivity index (χ1v) is 8.06. The number of hydrogen-bond acceptors (Lipinski definition) is 3. The van der Waals surface area contributed by atoms with Gasteiger partial charge >= 0.3 is 0 Å². The van der Waals surface area contributed by atoms with E-state index >= 15 is 0 Å². The molecule has 1 N–H and O–H groups in total. The van der Waals surface area contributed by atoms with E-state index in [1.807, 2.05) is 0 Å². The van der Waals surface area contributed by atoms with Crippen LogP contribution in [0, 0.1) is 5.92 Å². The molecule has 112 valence electrons. The average molecular weight is 268 g/mol.